The standard InChI is InChI=1S/C15H18F3N3O2/c1-22-8-7-14-19-13(20-21(14)10-15(16,17)18)9-11-5-3-4-6-12(11)23-2/h3-6H,7-10H2,1-2H3. The Morgan fingerprint density at radius 2 is 1.91 bits per heavy atom. The molecule has 0 spiro atoms. The van der Waals surface area contributed by atoms with E-state index in [4.69, 9.17) is 9.47 Å². The molecule has 0 radical (unpaired) electrons. The van der Waals surface area contributed by atoms with E-state index in [2.05, 4.69) is 10.1 Å². The molecule has 1 aromatic heterocycles. The fraction of sp³-hybridized carbons (Fsp3) is 0.467. The number of ether oxygens (including phenoxy) is 2. The van der Waals surface area contributed by atoms with E-state index in [0.29, 0.717) is 18.0 Å². The van der Waals surface area contributed by atoms with Gasteiger partial charge >= 0.3 is 6.18 Å². The van der Waals surface area contributed by atoms with Crippen molar-refractivity contribution in [3.05, 3.63) is 41.5 Å². The highest BCUT2D eigenvalue weighted by Gasteiger charge is 2.30. The van der Waals surface area contributed by atoms with Crippen LogP contribution in [0.1, 0.15) is 17.2 Å². The first-order valence-corrected chi connectivity index (χ1v) is 7.03. The molecule has 0 fully saturated rings. The zero-order valence-electron chi connectivity index (χ0n) is 12.9. The Bertz CT molecular complexity index is 641. The lowest BCUT2D eigenvalue weighted by atomic mass is 10.1. The van der Waals surface area contributed by atoms with E-state index in [0.717, 1.165) is 10.2 Å². The van der Waals surface area contributed by atoms with Gasteiger partial charge in [-0.1, -0.05) is 18.2 Å². The molecule has 23 heavy (non-hydrogen) atoms. The lowest BCUT2D eigenvalue weighted by molar-refractivity contribution is -0.143. The first kappa shape index (κ1) is 17.3. The fourth-order valence-corrected chi connectivity index (χ4v) is 2.20. The van der Waals surface area contributed by atoms with Crippen LogP contribution in [0.25, 0.3) is 0 Å². The van der Waals surface area contributed by atoms with Crippen molar-refractivity contribution in [3.63, 3.8) is 0 Å². The summed E-state index contributed by atoms with van der Waals surface area (Å²) in [7, 11) is 3.03. The number of benzene rings is 1. The first-order chi connectivity index (χ1) is 10.9. The van der Waals surface area contributed by atoms with Crippen LogP contribution < -0.4 is 4.74 Å². The maximum absolute atomic E-state index is 12.7. The van der Waals surface area contributed by atoms with Crippen LogP contribution >= 0.6 is 0 Å². The summed E-state index contributed by atoms with van der Waals surface area (Å²) in [4.78, 5) is 4.22. The largest absolute Gasteiger partial charge is 0.496 e. The van der Waals surface area contributed by atoms with E-state index < -0.39 is 12.7 Å². The van der Waals surface area contributed by atoms with Crippen LogP contribution in [0.5, 0.6) is 5.75 Å². The molecule has 8 heteroatoms. The number of nitrogens with zero attached hydrogens (tertiary/aromatic N) is 3. The van der Waals surface area contributed by atoms with E-state index >= 15 is 0 Å². The summed E-state index contributed by atoms with van der Waals surface area (Å²) in [5, 5.41) is 3.99. The maximum atomic E-state index is 12.7. The molecule has 0 saturated heterocycles. The summed E-state index contributed by atoms with van der Waals surface area (Å²) in [6.45, 7) is -0.879. The summed E-state index contributed by atoms with van der Waals surface area (Å²) in [6.07, 6.45) is -3.78. The lowest BCUT2D eigenvalue weighted by Gasteiger charge is -2.08. The summed E-state index contributed by atoms with van der Waals surface area (Å²) >= 11 is 0. The van der Waals surface area contributed by atoms with Gasteiger partial charge in [0.1, 0.15) is 18.1 Å². The molecule has 0 aliphatic heterocycles. The van der Waals surface area contributed by atoms with Crippen molar-refractivity contribution in [2.24, 2.45) is 0 Å². The third kappa shape index (κ3) is 4.95. The molecule has 2 aromatic rings. The fourth-order valence-electron chi connectivity index (χ4n) is 2.20. The van der Waals surface area contributed by atoms with Crippen LogP contribution in [0.2, 0.25) is 0 Å². The van der Waals surface area contributed by atoms with Crippen LogP contribution in [-0.2, 0) is 24.1 Å². The highest BCUT2D eigenvalue weighted by atomic mass is 19.4. The quantitative estimate of drug-likeness (QED) is 0.783. The number of hydrogen-bond acceptors (Lipinski definition) is 4. The van der Waals surface area contributed by atoms with E-state index in [1.165, 1.54) is 7.11 Å². The zero-order chi connectivity index (χ0) is 16.9. The van der Waals surface area contributed by atoms with E-state index in [1.54, 1.807) is 13.2 Å². The van der Waals surface area contributed by atoms with Crippen molar-refractivity contribution >= 4 is 0 Å². The molecule has 0 saturated carbocycles. The van der Waals surface area contributed by atoms with E-state index in [1.807, 2.05) is 18.2 Å². The predicted octanol–water partition coefficient (Wildman–Crippen LogP) is 2.63. The molecular weight excluding hydrogens is 311 g/mol. The average molecular weight is 329 g/mol. The molecule has 0 amide bonds. The summed E-state index contributed by atoms with van der Waals surface area (Å²) in [5.74, 6) is 1.23. The van der Waals surface area contributed by atoms with Gasteiger partial charge in [0.25, 0.3) is 0 Å². The summed E-state index contributed by atoms with van der Waals surface area (Å²) < 4.78 is 49.0. The van der Waals surface area contributed by atoms with Crippen molar-refractivity contribution < 1.29 is 22.6 Å². The van der Waals surface area contributed by atoms with Gasteiger partial charge in [-0.2, -0.15) is 18.3 Å². The summed E-state index contributed by atoms with van der Waals surface area (Å²) in [5.41, 5.74) is 0.817. The van der Waals surface area contributed by atoms with Crippen LogP contribution in [0.3, 0.4) is 0 Å². The van der Waals surface area contributed by atoms with Crippen LogP contribution in [0, 0.1) is 0 Å². The molecule has 2 rings (SSSR count). The minimum Gasteiger partial charge on any atom is -0.496 e. The van der Waals surface area contributed by atoms with Crippen molar-refractivity contribution in [1.29, 1.82) is 0 Å². The Balaban J connectivity index is 2.24. The minimum absolute atomic E-state index is 0.258. The van der Waals surface area contributed by atoms with Gasteiger partial charge in [0.2, 0.25) is 0 Å². The van der Waals surface area contributed by atoms with Gasteiger partial charge < -0.3 is 9.47 Å². The van der Waals surface area contributed by atoms with Crippen LogP contribution in [0.4, 0.5) is 13.2 Å². The Kier molecular flexibility index (Phi) is 5.59. The molecule has 0 atom stereocenters. The number of aromatic nitrogens is 3. The van der Waals surface area contributed by atoms with Gasteiger partial charge in [0.05, 0.1) is 13.7 Å². The zero-order valence-corrected chi connectivity index (χ0v) is 12.9. The molecule has 0 aliphatic rings. The second-order valence-electron chi connectivity index (χ2n) is 4.95. The number of rotatable bonds is 7. The van der Waals surface area contributed by atoms with Gasteiger partial charge in [-0.3, -0.25) is 0 Å². The molecule has 5 nitrogen and oxygen atoms in total. The van der Waals surface area contributed by atoms with Crippen molar-refractivity contribution in [2.45, 2.75) is 25.6 Å². The number of alkyl halides is 3. The molecule has 0 N–H and O–H groups in total. The highest BCUT2D eigenvalue weighted by molar-refractivity contribution is 5.35. The van der Waals surface area contributed by atoms with E-state index in [9.17, 15) is 13.2 Å². The van der Waals surface area contributed by atoms with Gasteiger partial charge in [-0.05, 0) is 6.07 Å². The van der Waals surface area contributed by atoms with Gasteiger partial charge in [-0.15, -0.1) is 0 Å². The monoisotopic (exact) mass is 329 g/mol. The Morgan fingerprint density at radius 1 is 1.17 bits per heavy atom. The number of methoxy groups -OCH3 is 2. The molecule has 1 heterocycles. The molecule has 1 aromatic carbocycles. The molecular formula is C15H18F3N3O2. The van der Waals surface area contributed by atoms with Crippen molar-refractivity contribution in [3.8, 4) is 5.75 Å². The van der Waals surface area contributed by atoms with Crippen molar-refractivity contribution in [2.75, 3.05) is 20.8 Å². The Hall–Kier alpha value is -2.09. The summed E-state index contributed by atoms with van der Waals surface area (Å²) in [6, 6.07) is 7.27. The SMILES string of the molecule is COCCc1nc(Cc2ccccc2OC)nn1CC(F)(F)F. The van der Waals surface area contributed by atoms with Gasteiger partial charge in [0, 0.05) is 25.5 Å². The third-order valence-electron chi connectivity index (χ3n) is 3.19. The second-order valence-corrected chi connectivity index (χ2v) is 4.95. The third-order valence-corrected chi connectivity index (χ3v) is 3.19. The highest BCUT2D eigenvalue weighted by Crippen LogP contribution is 2.21. The molecule has 0 bridgehead atoms. The smallest absolute Gasteiger partial charge is 0.408 e. The molecule has 126 valence electrons. The molecule has 0 aliphatic carbocycles. The lowest BCUT2D eigenvalue weighted by Crippen LogP contribution is -2.21. The topological polar surface area (TPSA) is 49.2 Å². The van der Waals surface area contributed by atoms with Crippen LogP contribution in [-0.4, -0.2) is 41.8 Å². The Morgan fingerprint density at radius 3 is 2.57 bits per heavy atom. The van der Waals surface area contributed by atoms with Gasteiger partial charge in [-0.25, -0.2) is 9.67 Å². The average Bonchev–Trinajstić information content (AvgIpc) is 2.85. The van der Waals surface area contributed by atoms with E-state index in [-0.39, 0.29) is 18.9 Å². The normalized spacial score (nSPS) is 11.7. The predicted molar refractivity (Wildman–Crippen MR) is 77.5 cm³/mol. The maximum Gasteiger partial charge on any atom is 0.408 e. The number of hydrogen-bond donors (Lipinski definition) is 0. The second kappa shape index (κ2) is 7.45. The Labute approximate surface area is 132 Å². The first-order valence-electron chi connectivity index (χ1n) is 7.03. The minimum atomic E-state index is -4.35. The number of para-hydroxylation sites is 1. The van der Waals surface area contributed by atoms with Crippen LogP contribution in [0.15, 0.2) is 24.3 Å². The molecule has 0 unspecified atom stereocenters. The number of halogens is 3. The van der Waals surface area contributed by atoms with Crippen molar-refractivity contribution in [1.82, 2.24) is 14.8 Å². The van der Waals surface area contributed by atoms with Gasteiger partial charge in [0.15, 0.2) is 5.82 Å².